The van der Waals surface area contributed by atoms with Crippen LogP contribution in [0.25, 0.3) is 109 Å². The molecular formula is C61H48. The van der Waals surface area contributed by atoms with E-state index in [0.29, 0.717) is 0 Å². The average Bonchev–Trinajstić information content (AvgIpc) is 3.51. The van der Waals surface area contributed by atoms with Gasteiger partial charge in [-0.15, -0.1) is 0 Å². The summed E-state index contributed by atoms with van der Waals surface area (Å²) in [4.78, 5) is 0. The molecule has 0 fully saturated rings. The normalized spacial score (nSPS) is 12.6. The Morgan fingerprint density at radius 3 is 1.34 bits per heavy atom. The minimum atomic E-state index is -0.201. The Balaban J connectivity index is 0.00000223. The molecule has 1 aliphatic rings. The summed E-state index contributed by atoms with van der Waals surface area (Å²) < 4.78 is 0. The molecule has 0 spiro atoms. The van der Waals surface area contributed by atoms with E-state index in [-0.39, 0.29) is 20.3 Å². The Bertz CT molecular complexity index is 3500. The molecule has 11 aromatic carbocycles. The number of hydrogen-bond donors (Lipinski definition) is 0. The van der Waals surface area contributed by atoms with E-state index in [0.717, 1.165) is 0 Å². The molecule has 292 valence electrons. The topological polar surface area (TPSA) is 0 Å². The van der Waals surface area contributed by atoms with E-state index < -0.39 is 0 Å². The van der Waals surface area contributed by atoms with Gasteiger partial charge in [0, 0.05) is 5.41 Å². The first-order valence-corrected chi connectivity index (χ1v) is 20.7. The highest BCUT2D eigenvalue weighted by Crippen LogP contribution is 2.54. The SMILES string of the molecule is C.C.CC1(C)c2cc(-c3ccc(-c4cccc5ccccc45)cc3)ccc2-c2cc3c(-c4ccc5ccccc5c4)c4ccccc4c(-c4ccc5ccccc5c4)c3cc21. The monoisotopic (exact) mass is 780 g/mol. The molecule has 0 aliphatic heterocycles. The third-order valence-corrected chi connectivity index (χ3v) is 13.2. The maximum absolute atomic E-state index is 2.55. The van der Waals surface area contributed by atoms with Crippen LogP contribution in [0, 0.1) is 0 Å². The Morgan fingerprint density at radius 2 is 0.721 bits per heavy atom. The first-order chi connectivity index (χ1) is 29.0. The molecule has 0 atom stereocenters. The van der Waals surface area contributed by atoms with Gasteiger partial charge >= 0.3 is 0 Å². The van der Waals surface area contributed by atoms with Crippen molar-refractivity contribution in [3.63, 3.8) is 0 Å². The van der Waals surface area contributed by atoms with E-state index in [4.69, 9.17) is 0 Å². The van der Waals surface area contributed by atoms with E-state index in [1.165, 1.54) is 121 Å². The molecule has 0 saturated heterocycles. The zero-order valence-electron chi connectivity index (χ0n) is 33.1. The van der Waals surface area contributed by atoms with E-state index in [1.807, 2.05) is 0 Å². The Morgan fingerprint density at radius 1 is 0.262 bits per heavy atom. The minimum Gasteiger partial charge on any atom is -0.0776 e. The van der Waals surface area contributed by atoms with E-state index in [1.54, 1.807) is 0 Å². The molecule has 1 aliphatic carbocycles. The fourth-order valence-corrected chi connectivity index (χ4v) is 10.2. The van der Waals surface area contributed by atoms with Gasteiger partial charge in [0.05, 0.1) is 0 Å². The van der Waals surface area contributed by atoms with Crippen molar-refractivity contribution in [3.8, 4) is 55.6 Å². The smallest absolute Gasteiger partial charge is 0.0159 e. The van der Waals surface area contributed by atoms with Crippen molar-refractivity contribution < 1.29 is 0 Å². The standard InChI is InChI=1S/C59H40.2CH4/c1-59(2)55-34-44(39-22-26-41(27-23-39)48-21-11-17-40-14-7-8-18-47(40)48)30-31-49(55)52-35-53-54(36-56(52)59)58(46-29-25-38-13-4-6-16-43(38)33-46)51-20-10-9-19-50(51)57(53)45-28-24-37-12-3-5-15-42(37)32-45;;/h3-36H,1-2H3;2*1H4. The highest BCUT2D eigenvalue weighted by molar-refractivity contribution is 6.23. The van der Waals surface area contributed by atoms with Crippen LogP contribution >= 0.6 is 0 Å². The third kappa shape index (κ3) is 5.89. The van der Waals surface area contributed by atoms with Gasteiger partial charge in [-0.2, -0.15) is 0 Å². The molecule has 0 amide bonds. The zero-order valence-corrected chi connectivity index (χ0v) is 33.1. The van der Waals surface area contributed by atoms with Crippen molar-refractivity contribution in [2.75, 3.05) is 0 Å². The summed E-state index contributed by atoms with van der Waals surface area (Å²) >= 11 is 0. The lowest BCUT2D eigenvalue weighted by Gasteiger charge is -2.24. The molecule has 11 aromatic rings. The summed E-state index contributed by atoms with van der Waals surface area (Å²) in [6.45, 7) is 4.83. The second kappa shape index (κ2) is 14.5. The van der Waals surface area contributed by atoms with Crippen LogP contribution in [0.5, 0.6) is 0 Å². The highest BCUT2D eigenvalue weighted by Gasteiger charge is 2.37. The molecule has 0 nitrogen and oxygen atoms in total. The van der Waals surface area contributed by atoms with Gasteiger partial charge < -0.3 is 0 Å². The van der Waals surface area contributed by atoms with E-state index >= 15 is 0 Å². The quantitative estimate of drug-likeness (QED) is 0.156. The lowest BCUT2D eigenvalue weighted by molar-refractivity contribution is 0.661. The van der Waals surface area contributed by atoms with E-state index in [9.17, 15) is 0 Å². The number of benzene rings is 11. The number of rotatable bonds is 4. The van der Waals surface area contributed by atoms with Gasteiger partial charge in [-0.3, -0.25) is 0 Å². The Labute approximate surface area is 359 Å². The third-order valence-electron chi connectivity index (χ3n) is 13.2. The first kappa shape index (κ1) is 38.0. The Kier molecular flexibility index (Phi) is 9.00. The van der Waals surface area contributed by atoms with Crippen molar-refractivity contribution in [1.82, 2.24) is 0 Å². The van der Waals surface area contributed by atoms with Gasteiger partial charge in [0.15, 0.2) is 0 Å². The first-order valence-electron chi connectivity index (χ1n) is 20.7. The molecule has 0 heterocycles. The van der Waals surface area contributed by atoms with Crippen LogP contribution in [0.2, 0.25) is 0 Å². The van der Waals surface area contributed by atoms with Gasteiger partial charge in [0.25, 0.3) is 0 Å². The largest absolute Gasteiger partial charge is 0.0776 e. The van der Waals surface area contributed by atoms with Crippen LogP contribution in [-0.2, 0) is 5.41 Å². The van der Waals surface area contributed by atoms with Gasteiger partial charge in [-0.1, -0.05) is 205 Å². The molecular weight excluding hydrogens is 733 g/mol. The lowest BCUT2D eigenvalue weighted by Crippen LogP contribution is -2.15. The molecule has 0 saturated carbocycles. The van der Waals surface area contributed by atoms with Crippen LogP contribution in [0.4, 0.5) is 0 Å². The van der Waals surface area contributed by atoms with Gasteiger partial charge in [-0.25, -0.2) is 0 Å². The molecule has 0 N–H and O–H groups in total. The molecule has 0 heteroatoms. The summed E-state index contributed by atoms with van der Waals surface area (Å²) in [5.41, 5.74) is 15.3. The minimum absolute atomic E-state index is 0. The van der Waals surface area contributed by atoms with Crippen molar-refractivity contribution >= 4 is 53.9 Å². The Hall–Kier alpha value is -7.28. The summed E-state index contributed by atoms with van der Waals surface area (Å²) in [6, 6.07) is 77.1. The summed E-state index contributed by atoms with van der Waals surface area (Å²) in [5, 5.41) is 12.7. The highest BCUT2D eigenvalue weighted by atomic mass is 14.4. The van der Waals surface area contributed by atoms with Crippen molar-refractivity contribution in [2.45, 2.75) is 34.1 Å². The van der Waals surface area contributed by atoms with Gasteiger partial charge in [0.2, 0.25) is 0 Å². The lowest BCUT2D eigenvalue weighted by atomic mass is 9.79. The van der Waals surface area contributed by atoms with Crippen LogP contribution in [0.3, 0.4) is 0 Å². The maximum Gasteiger partial charge on any atom is 0.0159 e. The molecule has 0 radical (unpaired) electrons. The van der Waals surface area contributed by atoms with Crippen LogP contribution in [-0.4, -0.2) is 0 Å². The molecule has 0 unspecified atom stereocenters. The van der Waals surface area contributed by atoms with Crippen molar-refractivity contribution in [3.05, 3.63) is 217 Å². The molecule has 12 rings (SSSR count). The predicted molar refractivity (Wildman–Crippen MR) is 267 cm³/mol. The number of fused-ring (bicyclic) bond motifs is 8. The number of hydrogen-bond acceptors (Lipinski definition) is 0. The zero-order chi connectivity index (χ0) is 39.2. The average molecular weight is 781 g/mol. The maximum atomic E-state index is 2.55. The predicted octanol–water partition coefficient (Wildman–Crippen LogP) is 17.7. The summed E-state index contributed by atoms with van der Waals surface area (Å²) in [7, 11) is 0. The van der Waals surface area contributed by atoms with Crippen molar-refractivity contribution in [2.24, 2.45) is 0 Å². The second-order valence-electron chi connectivity index (χ2n) is 16.9. The molecule has 0 bridgehead atoms. The van der Waals surface area contributed by atoms with Crippen molar-refractivity contribution in [1.29, 1.82) is 0 Å². The van der Waals surface area contributed by atoms with Crippen LogP contribution < -0.4 is 0 Å². The summed E-state index contributed by atoms with van der Waals surface area (Å²) in [6.07, 6.45) is 0. The van der Waals surface area contributed by atoms with Crippen LogP contribution in [0.1, 0.15) is 39.8 Å². The summed E-state index contributed by atoms with van der Waals surface area (Å²) in [5.74, 6) is 0. The van der Waals surface area contributed by atoms with Gasteiger partial charge in [0.1, 0.15) is 0 Å². The molecule has 0 aromatic heterocycles. The fourth-order valence-electron chi connectivity index (χ4n) is 10.2. The van der Waals surface area contributed by atoms with E-state index in [2.05, 4.69) is 220 Å². The fraction of sp³-hybridized carbons (Fsp3) is 0.0820. The van der Waals surface area contributed by atoms with Crippen LogP contribution in [0.15, 0.2) is 206 Å². The van der Waals surface area contributed by atoms with Gasteiger partial charge in [-0.05, 0) is 151 Å². The second-order valence-corrected chi connectivity index (χ2v) is 16.9. The molecule has 61 heavy (non-hydrogen) atoms.